The van der Waals surface area contributed by atoms with E-state index in [-0.39, 0.29) is 11.8 Å². The highest BCUT2D eigenvalue weighted by molar-refractivity contribution is 6.69. The van der Waals surface area contributed by atoms with Crippen LogP contribution < -0.4 is 4.73 Å². The lowest BCUT2D eigenvalue weighted by atomic mass is 10.1. The van der Waals surface area contributed by atoms with E-state index < -0.39 is 6.10 Å². The molecule has 2 rings (SSSR count). The maximum absolute atomic E-state index is 11.1. The van der Waals surface area contributed by atoms with Crippen LogP contribution in [0.5, 0.6) is 0 Å². The highest BCUT2D eigenvalue weighted by atomic mass is 35.5. The number of pyridine rings is 1. The normalized spacial score (nSPS) is 18.5. The number of aliphatic hydroxyl groups is 1. The zero-order valence-electron chi connectivity index (χ0n) is 11.8. The fraction of sp³-hybridized carbons (Fsp3) is 0.571. The van der Waals surface area contributed by atoms with E-state index in [1.165, 1.54) is 31.7 Å². The van der Waals surface area contributed by atoms with Gasteiger partial charge < -0.3 is 20.1 Å². The van der Waals surface area contributed by atoms with Crippen molar-refractivity contribution in [2.45, 2.75) is 25.4 Å². The smallest absolute Gasteiger partial charge is 0.190 e. The summed E-state index contributed by atoms with van der Waals surface area (Å²) < 4.78 is 0.637. The van der Waals surface area contributed by atoms with E-state index in [1.807, 2.05) is 0 Å². The molecular weight excluding hydrogens is 294 g/mol. The number of β-amino-alcohol motifs (C(OH)–C–C–N with tert-alkyl or cyclic N) is 1. The zero-order valence-corrected chi connectivity index (χ0v) is 12.6. The second-order valence-corrected chi connectivity index (χ2v) is 5.50. The van der Waals surface area contributed by atoms with Crippen molar-refractivity contribution in [1.29, 1.82) is 0 Å². The van der Waals surface area contributed by atoms with Crippen molar-refractivity contribution in [2.24, 2.45) is 5.16 Å². The van der Waals surface area contributed by atoms with Gasteiger partial charge in [-0.3, -0.25) is 0 Å². The summed E-state index contributed by atoms with van der Waals surface area (Å²) in [4.78, 5) is 7.28. The van der Waals surface area contributed by atoms with Gasteiger partial charge in [0.1, 0.15) is 12.7 Å². The van der Waals surface area contributed by atoms with Gasteiger partial charge in [0.15, 0.2) is 17.6 Å². The first-order valence-corrected chi connectivity index (χ1v) is 7.48. The average molecular weight is 314 g/mol. The van der Waals surface area contributed by atoms with Crippen molar-refractivity contribution in [2.75, 3.05) is 26.2 Å². The van der Waals surface area contributed by atoms with Gasteiger partial charge in [-0.1, -0.05) is 23.2 Å². The Hall–Kier alpha value is -1.37. The lowest BCUT2D eigenvalue weighted by Crippen LogP contribution is -2.38. The van der Waals surface area contributed by atoms with Crippen LogP contribution >= 0.6 is 11.6 Å². The van der Waals surface area contributed by atoms with Gasteiger partial charge in [0, 0.05) is 12.6 Å². The van der Waals surface area contributed by atoms with Gasteiger partial charge in [0.25, 0.3) is 0 Å². The Balaban J connectivity index is 1.75. The van der Waals surface area contributed by atoms with Crippen molar-refractivity contribution >= 4 is 16.8 Å². The SMILES string of the molecule is [O-][n+]1cccc(/C(Cl)=N/OCC(O)CN2CCCCC2)c1. The van der Waals surface area contributed by atoms with Crippen molar-refractivity contribution in [3.8, 4) is 0 Å². The molecule has 1 aliphatic rings. The number of oxime groups is 1. The molecule has 0 aliphatic carbocycles. The number of halogens is 1. The summed E-state index contributed by atoms with van der Waals surface area (Å²) in [7, 11) is 0. The van der Waals surface area contributed by atoms with Crippen LogP contribution in [0.2, 0.25) is 0 Å². The van der Waals surface area contributed by atoms with Crippen molar-refractivity contribution in [3.05, 3.63) is 35.3 Å². The topological polar surface area (TPSA) is 72.0 Å². The number of aromatic nitrogens is 1. The average Bonchev–Trinajstić information content (AvgIpc) is 2.48. The summed E-state index contributed by atoms with van der Waals surface area (Å²) in [6.07, 6.45) is 5.69. The summed E-state index contributed by atoms with van der Waals surface area (Å²) in [5, 5.41) is 24.8. The second-order valence-electron chi connectivity index (χ2n) is 5.15. The van der Waals surface area contributed by atoms with Crippen molar-refractivity contribution in [1.82, 2.24) is 4.90 Å². The van der Waals surface area contributed by atoms with Crippen LogP contribution in [0.3, 0.4) is 0 Å². The first-order valence-electron chi connectivity index (χ1n) is 7.10. The fourth-order valence-electron chi connectivity index (χ4n) is 2.30. The molecule has 2 heterocycles. The number of nitrogens with zero attached hydrogens (tertiary/aromatic N) is 3. The lowest BCUT2D eigenvalue weighted by molar-refractivity contribution is -0.605. The molecule has 0 aromatic carbocycles. The third-order valence-corrected chi connectivity index (χ3v) is 3.63. The molecule has 7 heteroatoms. The van der Waals surface area contributed by atoms with E-state index in [4.69, 9.17) is 16.4 Å². The Morgan fingerprint density at radius 1 is 1.48 bits per heavy atom. The molecule has 6 nitrogen and oxygen atoms in total. The second kappa shape index (κ2) is 8.17. The van der Waals surface area contributed by atoms with E-state index in [1.54, 1.807) is 12.1 Å². The van der Waals surface area contributed by atoms with Crippen LogP contribution in [0.25, 0.3) is 0 Å². The highest BCUT2D eigenvalue weighted by Crippen LogP contribution is 2.09. The van der Waals surface area contributed by atoms with Crippen molar-refractivity contribution < 1.29 is 14.7 Å². The molecule has 1 fully saturated rings. The molecule has 116 valence electrons. The summed E-state index contributed by atoms with van der Waals surface area (Å²) >= 11 is 5.93. The lowest BCUT2D eigenvalue weighted by Gasteiger charge is -2.27. The molecule has 0 radical (unpaired) electrons. The number of hydrogen-bond acceptors (Lipinski definition) is 5. The van der Waals surface area contributed by atoms with Crippen LogP contribution in [0.1, 0.15) is 24.8 Å². The molecule has 1 aromatic rings. The quantitative estimate of drug-likeness (QED) is 0.369. The van der Waals surface area contributed by atoms with Crippen LogP contribution in [0, 0.1) is 5.21 Å². The Bertz CT molecular complexity index is 478. The van der Waals surface area contributed by atoms with E-state index in [0.717, 1.165) is 13.1 Å². The monoisotopic (exact) mass is 313 g/mol. The van der Waals surface area contributed by atoms with Crippen LogP contribution in [0.4, 0.5) is 0 Å². The molecule has 0 spiro atoms. The van der Waals surface area contributed by atoms with Gasteiger partial charge in [0.05, 0.1) is 5.56 Å². The molecular formula is C14H20ClN3O3. The van der Waals surface area contributed by atoms with Crippen LogP contribution in [0.15, 0.2) is 29.7 Å². The van der Waals surface area contributed by atoms with Gasteiger partial charge >= 0.3 is 0 Å². The number of likely N-dealkylation sites (tertiary alicyclic amines) is 1. The molecule has 21 heavy (non-hydrogen) atoms. The maximum atomic E-state index is 11.1. The summed E-state index contributed by atoms with van der Waals surface area (Å²) in [5.74, 6) is 0. The van der Waals surface area contributed by atoms with Gasteiger partial charge in [-0.25, -0.2) is 0 Å². The minimum Gasteiger partial charge on any atom is -0.619 e. The van der Waals surface area contributed by atoms with Gasteiger partial charge in [-0.2, -0.15) is 4.73 Å². The third-order valence-electron chi connectivity index (χ3n) is 3.34. The Labute approximate surface area is 129 Å². The molecule has 1 aliphatic heterocycles. The first-order chi connectivity index (χ1) is 10.1. The molecule has 0 bridgehead atoms. The number of hydrogen-bond donors (Lipinski definition) is 1. The van der Waals surface area contributed by atoms with E-state index in [2.05, 4.69) is 10.1 Å². The fourth-order valence-corrected chi connectivity index (χ4v) is 2.46. The maximum Gasteiger partial charge on any atom is 0.190 e. The van der Waals surface area contributed by atoms with Gasteiger partial charge in [-0.05, 0) is 32.0 Å². The van der Waals surface area contributed by atoms with E-state index in [0.29, 0.717) is 16.8 Å². The predicted octanol–water partition coefficient (Wildman–Crippen LogP) is 1.08. The van der Waals surface area contributed by atoms with Crippen LogP contribution in [-0.4, -0.2) is 47.5 Å². The highest BCUT2D eigenvalue weighted by Gasteiger charge is 2.15. The molecule has 0 amide bonds. The number of rotatable bonds is 6. The van der Waals surface area contributed by atoms with Crippen molar-refractivity contribution in [3.63, 3.8) is 0 Å². The molecule has 1 aromatic heterocycles. The number of piperidine rings is 1. The summed E-state index contributed by atoms with van der Waals surface area (Å²) in [6, 6.07) is 3.24. The standard InChI is InChI=1S/C14H20ClN3O3/c15-14(12-5-4-8-18(20)9-12)16-21-11-13(19)10-17-6-2-1-3-7-17/h4-5,8-9,13,19H,1-3,6-7,10-11H2/b16-14-. The van der Waals surface area contributed by atoms with Crippen LogP contribution in [-0.2, 0) is 4.84 Å². The number of aliphatic hydroxyl groups excluding tert-OH is 1. The van der Waals surface area contributed by atoms with Gasteiger partial charge in [0.2, 0.25) is 0 Å². The van der Waals surface area contributed by atoms with Gasteiger partial charge in [-0.15, -0.1) is 0 Å². The Kier molecular flexibility index (Phi) is 6.22. The molecule has 1 N–H and O–H groups in total. The predicted molar refractivity (Wildman–Crippen MR) is 80.0 cm³/mol. The molecule has 0 saturated carbocycles. The molecule has 1 atom stereocenters. The van der Waals surface area contributed by atoms with E-state index >= 15 is 0 Å². The summed E-state index contributed by atoms with van der Waals surface area (Å²) in [6.45, 7) is 2.71. The third kappa shape index (κ3) is 5.49. The summed E-state index contributed by atoms with van der Waals surface area (Å²) in [5.41, 5.74) is 0.472. The molecule has 1 unspecified atom stereocenters. The van der Waals surface area contributed by atoms with E-state index in [9.17, 15) is 10.3 Å². The molecule has 1 saturated heterocycles. The largest absolute Gasteiger partial charge is 0.619 e. The first kappa shape index (κ1) is 16.0. The zero-order chi connectivity index (χ0) is 15.1. The minimum absolute atomic E-state index is 0.0803. The Morgan fingerprint density at radius 2 is 2.24 bits per heavy atom. The minimum atomic E-state index is -0.600. The Morgan fingerprint density at radius 3 is 2.95 bits per heavy atom.